The zero-order chi connectivity index (χ0) is 18.1. The number of amides is 2. The van der Waals surface area contributed by atoms with Crippen LogP contribution >= 0.6 is 0 Å². The maximum absolute atomic E-state index is 12.8. The number of nitrogens with zero attached hydrogens (tertiary/aromatic N) is 3. The fraction of sp³-hybridized carbons (Fsp3) is 0.650. The van der Waals surface area contributed by atoms with Crippen LogP contribution < -0.4 is 0 Å². The maximum atomic E-state index is 12.8. The number of carbonyl (C=O) groups is 2. The molecule has 26 heavy (non-hydrogen) atoms. The van der Waals surface area contributed by atoms with Gasteiger partial charge >= 0.3 is 0 Å². The molecule has 6 heteroatoms. The van der Waals surface area contributed by atoms with E-state index in [1.54, 1.807) is 24.5 Å². The van der Waals surface area contributed by atoms with Gasteiger partial charge in [0.25, 0.3) is 5.91 Å². The van der Waals surface area contributed by atoms with Gasteiger partial charge in [-0.2, -0.15) is 0 Å². The zero-order valence-corrected chi connectivity index (χ0v) is 15.1. The van der Waals surface area contributed by atoms with Crippen LogP contribution in [0.2, 0.25) is 0 Å². The Morgan fingerprint density at radius 1 is 1.04 bits per heavy atom. The topological polar surface area (TPSA) is 73.7 Å². The third kappa shape index (κ3) is 3.22. The Hall–Kier alpha value is -1.95. The van der Waals surface area contributed by atoms with Gasteiger partial charge in [0, 0.05) is 56.0 Å². The van der Waals surface area contributed by atoms with E-state index in [0.717, 1.165) is 25.7 Å². The van der Waals surface area contributed by atoms with Crippen molar-refractivity contribution in [3.63, 3.8) is 0 Å². The highest BCUT2D eigenvalue weighted by Gasteiger charge is 2.47. The molecule has 3 fully saturated rings. The van der Waals surface area contributed by atoms with Gasteiger partial charge in [0.1, 0.15) is 0 Å². The molecule has 1 saturated carbocycles. The first kappa shape index (κ1) is 17.5. The van der Waals surface area contributed by atoms with E-state index >= 15 is 0 Å². The predicted octanol–water partition coefficient (Wildman–Crippen LogP) is 1.70. The smallest absolute Gasteiger partial charge is 0.253 e. The van der Waals surface area contributed by atoms with Gasteiger partial charge in [0.2, 0.25) is 5.91 Å². The fourth-order valence-corrected chi connectivity index (χ4v) is 4.80. The minimum Gasteiger partial charge on any atom is -0.389 e. The standard InChI is InChI=1S/C20H27N3O3/c24-18(15-3-1-2-4-15)22-11-7-20(26)8-12-23(14-17(20)13-22)19(25)16-5-9-21-10-6-16/h5-6,9-10,15,17,26H,1-4,7-8,11-14H2. The average molecular weight is 357 g/mol. The quantitative estimate of drug-likeness (QED) is 0.874. The van der Waals surface area contributed by atoms with Crippen LogP contribution in [0.4, 0.5) is 0 Å². The Morgan fingerprint density at radius 3 is 2.35 bits per heavy atom. The molecule has 1 N–H and O–H groups in total. The second-order valence-electron chi connectivity index (χ2n) is 8.05. The number of aromatic nitrogens is 1. The lowest BCUT2D eigenvalue weighted by Crippen LogP contribution is -2.61. The van der Waals surface area contributed by atoms with Gasteiger partial charge in [-0.1, -0.05) is 12.8 Å². The van der Waals surface area contributed by atoms with E-state index in [2.05, 4.69) is 4.98 Å². The molecule has 2 atom stereocenters. The van der Waals surface area contributed by atoms with E-state index < -0.39 is 5.60 Å². The maximum Gasteiger partial charge on any atom is 0.253 e. The predicted molar refractivity (Wildman–Crippen MR) is 96.4 cm³/mol. The number of hydrogen-bond acceptors (Lipinski definition) is 4. The van der Waals surface area contributed by atoms with E-state index in [0.29, 0.717) is 44.6 Å². The minimum atomic E-state index is -0.749. The molecule has 0 spiro atoms. The summed E-state index contributed by atoms with van der Waals surface area (Å²) in [7, 11) is 0. The second-order valence-corrected chi connectivity index (χ2v) is 8.05. The summed E-state index contributed by atoms with van der Waals surface area (Å²) < 4.78 is 0. The highest BCUT2D eigenvalue weighted by Crippen LogP contribution is 2.37. The van der Waals surface area contributed by atoms with E-state index in [1.807, 2.05) is 9.80 Å². The number of pyridine rings is 1. The summed E-state index contributed by atoms with van der Waals surface area (Å²) in [6, 6.07) is 3.44. The molecule has 0 aromatic carbocycles. The normalized spacial score (nSPS) is 29.5. The first-order chi connectivity index (χ1) is 12.6. The highest BCUT2D eigenvalue weighted by atomic mass is 16.3. The fourth-order valence-electron chi connectivity index (χ4n) is 4.80. The molecular weight excluding hydrogens is 330 g/mol. The average Bonchev–Trinajstić information content (AvgIpc) is 3.21. The number of likely N-dealkylation sites (tertiary alicyclic amines) is 2. The zero-order valence-electron chi connectivity index (χ0n) is 15.1. The van der Waals surface area contributed by atoms with E-state index in [1.165, 1.54) is 0 Å². The van der Waals surface area contributed by atoms with Crippen LogP contribution in [0, 0.1) is 11.8 Å². The molecular formula is C20H27N3O3. The van der Waals surface area contributed by atoms with Crippen molar-refractivity contribution in [2.24, 2.45) is 11.8 Å². The summed E-state index contributed by atoms with van der Waals surface area (Å²) >= 11 is 0. The van der Waals surface area contributed by atoms with Crippen molar-refractivity contribution in [1.29, 1.82) is 0 Å². The molecule has 2 amide bonds. The first-order valence-electron chi connectivity index (χ1n) is 9.77. The van der Waals surface area contributed by atoms with Gasteiger partial charge < -0.3 is 14.9 Å². The molecule has 1 aromatic heterocycles. The summed E-state index contributed by atoms with van der Waals surface area (Å²) in [5, 5.41) is 11.0. The number of fused-ring (bicyclic) bond motifs is 1. The van der Waals surface area contributed by atoms with Crippen molar-refractivity contribution < 1.29 is 14.7 Å². The van der Waals surface area contributed by atoms with Crippen molar-refractivity contribution >= 4 is 11.8 Å². The molecule has 140 valence electrons. The molecule has 0 bridgehead atoms. The van der Waals surface area contributed by atoms with Crippen LogP contribution in [0.5, 0.6) is 0 Å². The van der Waals surface area contributed by atoms with Crippen LogP contribution in [0.3, 0.4) is 0 Å². The number of piperidine rings is 2. The summed E-state index contributed by atoms with van der Waals surface area (Å²) in [5.41, 5.74) is -0.123. The van der Waals surface area contributed by atoms with E-state index in [4.69, 9.17) is 0 Å². The van der Waals surface area contributed by atoms with Gasteiger partial charge in [-0.15, -0.1) is 0 Å². The number of carbonyl (C=O) groups excluding carboxylic acids is 2. The van der Waals surface area contributed by atoms with Gasteiger partial charge in [-0.3, -0.25) is 14.6 Å². The lowest BCUT2D eigenvalue weighted by atomic mass is 9.75. The SMILES string of the molecule is O=C(c1ccncc1)N1CCC2(O)CCN(C(=O)C3CCCC3)CC2C1. The van der Waals surface area contributed by atoms with Crippen LogP contribution in [-0.2, 0) is 4.79 Å². The molecule has 2 unspecified atom stereocenters. The highest BCUT2D eigenvalue weighted by molar-refractivity contribution is 5.94. The molecule has 3 heterocycles. The summed E-state index contributed by atoms with van der Waals surface area (Å²) in [6.45, 7) is 2.27. The lowest BCUT2D eigenvalue weighted by molar-refractivity contribution is -0.148. The van der Waals surface area contributed by atoms with Crippen molar-refractivity contribution in [2.75, 3.05) is 26.2 Å². The van der Waals surface area contributed by atoms with E-state index in [9.17, 15) is 14.7 Å². The van der Waals surface area contributed by atoms with Crippen LogP contribution in [0.1, 0.15) is 48.9 Å². The van der Waals surface area contributed by atoms with Gasteiger partial charge in [0.15, 0.2) is 0 Å². The Bertz CT molecular complexity index is 674. The Balaban J connectivity index is 1.44. The second kappa shape index (κ2) is 6.99. The van der Waals surface area contributed by atoms with Crippen molar-refractivity contribution in [2.45, 2.75) is 44.1 Å². The molecule has 1 aromatic rings. The lowest BCUT2D eigenvalue weighted by Gasteiger charge is -2.50. The van der Waals surface area contributed by atoms with Gasteiger partial charge in [-0.25, -0.2) is 0 Å². The van der Waals surface area contributed by atoms with Crippen LogP contribution in [-0.4, -0.2) is 63.5 Å². The number of rotatable bonds is 2. The number of aliphatic hydroxyl groups is 1. The van der Waals surface area contributed by atoms with Crippen molar-refractivity contribution in [3.05, 3.63) is 30.1 Å². The minimum absolute atomic E-state index is 0.0197. The third-order valence-corrected chi connectivity index (χ3v) is 6.50. The van der Waals surface area contributed by atoms with Gasteiger partial charge in [0.05, 0.1) is 5.60 Å². The monoisotopic (exact) mass is 357 g/mol. The summed E-state index contributed by atoms with van der Waals surface area (Å²) in [4.78, 5) is 33.2. The van der Waals surface area contributed by atoms with Crippen LogP contribution in [0.25, 0.3) is 0 Å². The largest absolute Gasteiger partial charge is 0.389 e. The third-order valence-electron chi connectivity index (χ3n) is 6.50. The Kier molecular flexibility index (Phi) is 4.69. The Morgan fingerprint density at radius 2 is 1.65 bits per heavy atom. The van der Waals surface area contributed by atoms with Gasteiger partial charge in [-0.05, 0) is 37.8 Å². The van der Waals surface area contributed by atoms with Crippen molar-refractivity contribution in [3.8, 4) is 0 Å². The molecule has 2 saturated heterocycles. The van der Waals surface area contributed by atoms with Crippen LogP contribution in [0.15, 0.2) is 24.5 Å². The molecule has 0 radical (unpaired) electrons. The summed E-state index contributed by atoms with van der Waals surface area (Å²) in [5.74, 6) is 0.330. The molecule has 1 aliphatic carbocycles. The van der Waals surface area contributed by atoms with E-state index in [-0.39, 0.29) is 23.7 Å². The van der Waals surface area contributed by atoms with Crippen molar-refractivity contribution in [1.82, 2.24) is 14.8 Å². The summed E-state index contributed by atoms with van der Waals surface area (Å²) in [6.07, 6.45) is 8.73. The number of hydrogen-bond donors (Lipinski definition) is 1. The molecule has 3 aliphatic rings. The molecule has 6 nitrogen and oxygen atoms in total. The molecule has 2 aliphatic heterocycles. The first-order valence-corrected chi connectivity index (χ1v) is 9.77. The molecule has 4 rings (SSSR count). The Labute approximate surface area is 154 Å².